The lowest BCUT2D eigenvalue weighted by Gasteiger charge is -2.20. The number of rotatable bonds is 6. The van der Waals surface area contributed by atoms with Gasteiger partial charge in [-0.15, -0.1) is 0 Å². The number of methoxy groups -OCH3 is 1. The van der Waals surface area contributed by atoms with Crippen LogP contribution < -0.4 is 9.47 Å². The van der Waals surface area contributed by atoms with Crippen LogP contribution in [0.5, 0.6) is 11.5 Å². The summed E-state index contributed by atoms with van der Waals surface area (Å²) in [4.78, 5) is 9.25. The minimum absolute atomic E-state index is 0.535. The van der Waals surface area contributed by atoms with Gasteiger partial charge in [0.25, 0.3) is 5.44 Å². The zero-order valence-corrected chi connectivity index (χ0v) is 16.2. The van der Waals surface area contributed by atoms with Gasteiger partial charge in [-0.25, -0.2) is 14.5 Å². The lowest BCUT2D eigenvalue weighted by atomic mass is 10.1. The van der Waals surface area contributed by atoms with Crippen molar-refractivity contribution in [3.8, 4) is 22.8 Å². The van der Waals surface area contributed by atoms with Crippen LogP contribution in [0.25, 0.3) is 16.9 Å². The van der Waals surface area contributed by atoms with Crippen molar-refractivity contribution in [1.82, 2.24) is 19.6 Å². The van der Waals surface area contributed by atoms with Crippen molar-refractivity contribution in [2.75, 3.05) is 7.11 Å². The average Bonchev–Trinajstić information content (AvgIpc) is 3.17. The van der Waals surface area contributed by atoms with Crippen molar-refractivity contribution in [1.29, 1.82) is 0 Å². The number of ether oxygens (including phenoxy) is 2. The molecule has 0 aliphatic carbocycles. The van der Waals surface area contributed by atoms with Crippen LogP contribution >= 0.6 is 0 Å². The molecular formula is C20H18N4O3S. The monoisotopic (exact) mass is 394 g/mol. The molecule has 0 aliphatic rings. The number of aromatic nitrogens is 4. The Kier molecular flexibility index (Phi) is 5.14. The Morgan fingerprint density at radius 3 is 2.71 bits per heavy atom. The summed E-state index contributed by atoms with van der Waals surface area (Å²) in [6.45, 7) is 1.78. The second-order valence-electron chi connectivity index (χ2n) is 6.00. The quantitative estimate of drug-likeness (QED) is 0.466. The summed E-state index contributed by atoms with van der Waals surface area (Å²) in [6, 6.07) is 14.7. The van der Waals surface area contributed by atoms with Gasteiger partial charge < -0.3 is 14.0 Å². The van der Waals surface area contributed by atoms with Crippen LogP contribution in [0.1, 0.15) is 6.92 Å². The lowest BCUT2D eigenvalue weighted by Crippen LogP contribution is -2.24. The number of imidazole rings is 1. The molecule has 142 valence electrons. The molecule has 0 spiro atoms. The predicted molar refractivity (Wildman–Crippen MR) is 106 cm³/mol. The molecule has 2 aromatic carbocycles. The van der Waals surface area contributed by atoms with E-state index in [1.807, 2.05) is 42.5 Å². The van der Waals surface area contributed by atoms with Gasteiger partial charge in [-0.05, 0) is 24.3 Å². The Hall–Kier alpha value is -3.10. The fourth-order valence-corrected chi connectivity index (χ4v) is 3.79. The van der Waals surface area contributed by atoms with Gasteiger partial charge in [0.15, 0.2) is 10.5 Å². The molecule has 0 aliphatic heterocycles. The van der Waals surface area contributed by atoms with Crippen LogP contribution in [0.4, 0.5) is 0 Å². The van der Waals surface area contributed by atoms with Crippen LogP contribution in [0.2, 0.25) is 0 Å². The van der Waals surface area contributed by atoms with Crippen LogP contribution in [-0.2, 0) is 11.2 Å². The van der Waals surface area contributed by atoms with Gasteiger partial charge in [0.1, 0.15) is 17.8 Å². The second kappa shape index (κ2) is 7.87. The fraction of sp³-hybridized carbons (Fsp3) is 0.150. The van der Waals surface area contributed by atoms with E-state index in [1.54, 1.807) is 37.0 Å². The summed E-state index contributed by atoms with van der Waals surface area (Å²) >= 11 is -1.33. The maximum absolute atomic E-state index is 12.8. The van der Waals surface area contributed by atoms with E-state index < -0.39 is 16.6 Å². The Bertz CT molecular complexity index is 1050. The average molecular weight is 394 g/mol. The molecule has 2 atom stereocenters. The highest BCUT2D eigenvalue weighted by atomic mass is 32.2. The third kappa shape index (κ3) is 3.64. The summed E-state index contributed by atoms with van der Waals surface area (Å²) in [5, 5.41) is 4.15. The molecule has 2 aromatic heterocycles. The number of benzene rings is 2. The molecule has 4 rings (SSSR count). The molecule has 2 unspecified atom stereocenters. The summed E-state index contributed by atoms with van der Waals surface area (Å²) in [5.74, 6) is 1.17. The van der Waals surface area contributed by atoms with Gasteiger partial charge in [-0.3, -0.25) is 0 Å². The minimum Gasteiger partial charge on any atom is -0.609 e. The Balaban J connectivity index is 1.69. The van der Waals surface area contributed by atoms with Gasteiger partial charge in [0.05, 0.1) is 25.2 Å². The molecule has 0 amide bonds. The maximum atomic E-state index is 12.8. The van der Waals surface area contributed by atoms with Crippen molar-refractivity contribution in [3.63, 3.8) is 0 Å². The van der Waals surface area contributed by atoms with E-state index in [0.29, 0.717) is 27.7 Å². The lowest BCUT2D eigenvalue weighted by molar-refractivity contribution is 0.291. The zero-order valence-electron chi connectivity index (χ0n) is 15.4. The van der Waals surface area contributed by atoms with Crippen molar-refractivity contribution in [3.05, 3.63) is 67.3 Å². The summed E-state index contributed by atoms with van der Waals surface area (Å²) in [7, 11) is 1.59. The molecule has 0 saturated carbocycles. The van der Waals surface area contributed by atoms with E-state index in [4.69, 9.17) is 9.47 Å². The van der Waals surface area contributed by atoms with Crippen LogP contribution in [0.3, 0.4) is 0 Å². The first-order valence-corrected chi connectivity index (χ1v) is 9.83. The molecule has 0 fully saturated rings. The standard InChI is InChI=1S/C20H18N4O3S/c1-14(28(25)16-6-4-3-5-7-16)27-19-10-15(26-2)8-9-17(19)18-12-24-20(23-18)11-21-13-22-24/h3-14H,1-2H3. The molecule has 2 heterocycles. The van der Waals surface area contributed by atoms with Crippen molar-refractivity contribution in [2.45, 2.75) is 17.3 Å². The van der Waals surface area contributed by atoms with E-state index in [2.05, 4.69) is 15.1 Å². The molecule has 0 N–H and O–H groups in total. The molecule has 8 heteroatoms. The first-order valence-electron chi connectivity index (χ1n) is 8.62. The highest BCUT2D eigenvalue weighted by Gasteiger charge is 2.24. The molecule has 4 aromatic rings. The number of fused-ring (bicyclic) bond motifs is 1. The molecule has 0 bridgehead atoms. The Morgan fingerprint density at radius 1 is 1.14 bits per heavy atom. The maximum Gasteiger partial charge on any atom is 0.256 e. The first-order chi connectivity index (χ1) is 13.7. The van der Waals surface area contributed by atoms with Crippen molar-refractivity contribution in [2.24, 2.45) is 0 Å². The van der Waals surface area contributed by atoms with Crippen LogP contribution in [0.15, 0.2) is 72.1 Å². The normalized spacial score (nSPS) is 13.2. The van der Waals surface area contributed by atoms with Gasteiger partial charge in [-0.2, -0.15) is 5.10 Å². The predicted octanol–water partition coefficient (Wildman–Crippen LogP) is 3.33. The summed E-state index contributed by atoms with van der Waals surface area (Å²) in [5.41, 5.74) is 1.49. The zero-order chi connectivity index (χ0) is 19.5. The van der Waals surface area contributed by atoms with Gasteiger partial charge in [-0.1, -0.05) is 18.2 Å². The van der Waals surface area contributed by atoms with E-state index >= 15 is 0 Å². The van der Waals surface area contributed by atoms with Gasteiger partial charge >= 0.3 is 0 Å². The van der Waals surface area contributed by atoms with E-state index in [0.717, 1.165) is 5.56 Å². The highest BCUT2D eigenvalue weighted by molar-refractivity contribution is 7.91. The third-order valence-corrected chi connectivity index (χ3v) is 5.62. The third-order valence-electron chi connectivity index (χ3n) is 4.18. The summed E-state index contributed by atoms with van der Waals surface area (Å²) < 4.78 is 25.9. The van der Waals surface area contributed by atoms with Gasteiger partial charge in [0.2, 0.25) is 0 Å². The molecule has 0 radical (unpaired) electrons. The largest absolute Gasteiger partial charge is 0.609 e. The molecule has 28 heavy (non-hydrogen) atoms. The topological polar surface area (TPSA) is 84.6 Å². The van der Waals surface area contributed by atoms with Crippen molar-refractivity contribution < 1.29 is 14.0 Å². The number of hydrogen-bond donors (Lipinski definition) is 0. The minimum atomic E-state index is -1.33. The smallest absolute Gasteiger partial charge is 0.256 e. The summed E-state index contributed by atoms with van der Waals surface area (Å²) in [6.07, 6.45) is 4.88. The first kappa shape index (κ1) is 18.3. The highest BCUT2D eigenvalue weighted by Crippen LogP contribution is 2.34. The van der Waals surface area contributed by atoms with E-state index in [-0.39, 0.29) is 0 Å². The van der Waals surface area contributed by atoms with Crippen molar-refractivity contribution >= 4 is 16.8 Å². The van der Waals surface area contributed by atoms with E-state index in [9.17, 15) is 4.55 Å². The SMILES string of the molecule is COc1ccc(-c2cn3ncncc3n2)c(OC(C)[S+]([O-])c2ccccc2)c1. The molecule has 0 saturated heterocycles. The second-order valence-corrected chi connectivity index (χ2v) is 7.73. The van der Waals surface area contributed by atoms with Crippen LogP contribution in [-0.4, -0.2) is 36.7 Å². The molecular weight excluding hydrogens is 376 g/mol. The fourth-order valence-electron chi connectivity index (χ4n) is 2.79. The van der Waals surface area contributed by atoms with Gasteiger partial charge in [0, 0.05) is 29.7 Å². The Morgan fingerprint density at radius 2 is 1.96 bits per heavy atom. The van der Waals surface area contributed by atoms with E-state index in [1.165, 1.54) is 6.33 Å². The van der Waals surface area contributed by atoms with Crippen LogP contribution in [0, 0.1) is 0 Å². The molecule has 7 nitrogen and oxygen atoms in total. The Labute approximate surface area is 165 Å². The number of nitrogens with zero attached hydrogens (tertiary/aromatic N) is 4. The number of hydrogen-bond acceptors (Lipinski definition) is 6.